The lowest BCUT2D eigenvalue weighted by Gasteiger charge is -2.38. The molecule has 0 radical (unpaired) electrons. The van der Waals surface area contributed by atoms with Gasteiger partial charge in [0.25, 0.3) is 11.8 Å². The first-order valence-corrected chi connectivity index (χ1v) is 12.2. The van der Waals surface area contributed by atoms with Crippen LogP contribution in [0.2, 0.25) is 0 Å². The molecule has 0 spiro atoms. The molecule has 4 rings (SSSR count). The Morgan fingerprint density at radius 3 is 2.33 bits per heavy atom. The van der Waals surface area contributed by atoms with Gasteiger partial charge in [-0.05, 0) is 43.4 Å². The van der Waals surface area contributed by atoms with E-state index >= 15 is 0 Å². The van der Waals surface area contributed by atoms with E-state index in [9.17, 15) is 9.59 Å². The normalized spacial score (nSPS) is 14.7. The summed E-state index contributed by atoms with van der Waals surface area (Å²) in [6, 6.07) is 17.8. The maximum absolute atomic E-state index is 13.8. The second-order valence-electron chi connectivity index (χ2n) is 9.49. The van der Waals surface area contributed by atoms with E-state index < -0.39 is 0 Å². The molecule has 5 heteroatoms. The van der Waals surface area contributed by atoms with E-state index in [0.717, 1.165) is 54.4 Å². The first-order valence-electron chi connectivity index (χ1n) is 12.2. The van der Waals surface area contributed by atoms with Gasteiger partial charge in [-0.3, -0.25) is 9.59 Å². The number of para-hydroxylation sites is 1. The number of amides is 2. The van der Waals surface area contributed by atoms with Crippen molar-refractivity contribution in [3.8, 4) is 0 Å². The Balaban J connectivity index is 1.52. The Morgan fingerprint density at radius 1 is 1.00 bits per heavy atom. The Bertz CT molecular complexity index is 1090. The Hall–Kier alpha value is -3.08. The lowest BCUT2D eigenvalue weighted by molar-refractivity contribution is 0.0520. The molecule has 2 heterocycles. The summed E-state index contributed by atoms with van der Waals surface area (Å²) < 4.78 is 2.22. The number of likely N-dealkylation sites (tertiary alicyclic amines) is 1. The number of hydrogen-bond donors (Lipinski definition) is 0. The highest BCUT2D eigenvalue weighted by Crippen LogP contribution is 2.27. The van der Waals surface area contributed by atoms with Crippen LogP contribution in [0.4, 0.5) is 0 Å². The van der Waals surface area contributed by atoms with Gasteiger partial charge in [0, 0.05) is 54.9 Å². The van der Waals surface area contributed by atoms with E-state index in [1.165, 1.54) is 0 Å². The largest absolute Gasteiger partial charge is 0.346 e. The summed E-state index contributed by atoms with van der Waals surface area (Å²) in [6.45, 7) is 9.51. The molecule has 174 valence electrons. The second kappa shape index (κ2) is 10.2. The summed E-state index contributed by atoms with van der Waals surface area (Å²) in [7, 11) is 0. The third-order valence-corrected chi connectivity index (χ3v) is 6.52. The fourth-order valence-corrected chi connectivity index (χ4v) is 4.95. The summed E-state index contributed by atoms with van der Waals surface area (Å²) in [5.41, 5.74) is 2.65. The van der Waals surface area contributed by atoms with E-state index in [1.807, 2.05) is 53.6 Å². The van der Waals surface area contributed by atoms with Gasteiger partial charge in [0.05, 0.1) is 5.56 Å². The number of fused-ring (bicyclic) bond motifs is 1. The molecule has 1 aliphatic heterocycles. The van der Waals surface area contributed by atoms with Gasteiger partial charge in [-0.15, -0.1) is 0 Å². The summed E-state index contributed by atoms with van der Waals surface area (Å²) in [4.78, 5) is 30.6. The number of hydrogen-bond acceptors (Lipinski definition) is 2. The van der Waals surface area contributed by atoms with Crippen LogP contribution in [0, 0.1) is 5.92 Å². The first kappa shape index (κ1) is 23.1. The topological polar surface area (TPSA) is 45.6 Å². The predicted molar refractivity (Wildman–Crippen MR) is 133 cm³/mol. The van der Waals surface area contributed by atoms with Crippen molar-refractivity contribution >= 4 is 22.7 Å². The minimum Gasteiger partial charge on any atom is -0.346 e. The Kier molecular flexibility index (Phi) is 7.17. The number of carbonyl (C=O) groups excluding carboxylic acids is 2. The van der Waals surface area contributed by atoms with Crippen LogP contribution in [-0.4, -0.2) is 51.9 Å². The monoisotopic (exact) mass is 445 g/mol. The van der Waals surface area contributed by atoms with Crippen molar-refractivity contribution in [2.75, 3.05) is 19.6 Å². The number of benzene rings is 2. The zero-order chi connectivity index (χ0) is 23.4. The Labute approximate surface area is 197 Å². The molecule has 3 aromatic rings. The molecular formula is C28H35N3O2. The highest BCUT2D eigenvalue weighted by molar-refractivity contribution is 6.07. The lowest BCUT2D eigenvalue weighted by atomic mass is 10.0. The van der Waals surface area contributed by atoms with Gasteiger partial charge in [-0.25, -0.2) is 0 Å². The summed E-state index contributed by atoms with van der Waals surface area (Å²) >= 11 is 0. The number of nitrogens with zero attached hydrogens (tertiary/aromatic N) is 3. The molecule has 2 aromatic carbocycles. The molecule has 1 fully saturated rings. The second-order valence-corrected chi connectivity index (χ2v) is 9.49. The van der Waals surface area contributed by atoms with Crippen molar-refractivity contribution in [3.05, 3.63) is 71.9 Å². The van der Waals surface area contributed by atoms with E-state index in [-0.39, 0.29) is 17.9 Å². The molecule has 33 heavy (non-hydrogen) atoms. The van der Waals surface area contributed by atoms with Crippen molar-refractivity contribution < 1.29 is 9.59 Å². The molecule has 0 atom stereocenters. The smallest absolute Gasteiger partial charge is 0.256 e. The van der Waals surface area contributed by atoms with Crippen molar-refractivity contribution in [2.24, 2.45) is 5.92 Å². The third-order valence-electron chi connectivity index (χ3n) is 6.52. The van der Waals surface area contributed by atoms with E-state index in [0.29, 0.717) is 19.0 Å². The molecule has 1 aromatic heterocycles. The van der Waals surface area contributed by atoms with Crippen LogP contribution in [0.15, 0.2) is 60.8 Å². The minimum atomic E-state index is 0.0826. The fourth-order valence-electron chi connectivity index (χ4n) is 4.95. The summed E-state index contributed by atoms with van der Waals surface area (Å²) in [6.07, 6.45) is 4.59. The molecule has 0 bridgehead atoms. The zero-order valence-corrected chi connectivity index (χ0v) is 20.0. The van der Waals surface area contributed by atoms with Gasteiger partial charge >= 0.3 is 0 Å². The molecule has 0 N–H and O–H groups in total. The van der Waals surface area contributed by atoms with Crippen LogP contribution in [0.5, 0.6) is 0 Å². The van der Waals surface area contributed by atoms with Gasteiger partial charge in [-0.2, -0.15) is 0 Å². The zero-order valence-electron chi connectivity index (χ0n) is 20.0. The van der Waals surface area contributed by atoms with Crippen LogP contribution >= 0.6 is 0 Å². The summed E-state index contributed by atoms with van der Waals surface area (Å²) in [5.74, 6) is 0.699. The number of carbonyl (C=O) groups is 2. The molecule has 1 aliphatic rings. The van der Waals surface area contributed by atoms with Crippen LogP contribution < -0.4 is 0 Å². The SMILES string of the molecule is CCCN(C(=O)c1cn(CC(C)C)c2ccccc12)C1CCN(C(=O)c2ccccc2)CC1. The number of piperidine rings is 1. The van der Waals surface area contributed by atoms with E-state index in [4.69, 9.17) is 0 Å². The predicted octanol–water partition coefficient (Wildman–Crippen LogP) is 5.45. The maximum atomic E-state index is 13.8. The number of aromatic nitrogens is 1. The fraction of sp³-hybridized carbons (Fsp3) is 0.429. The molecule has 5 nitrogen and oxygen atoms in total. The highest BCUT2D eigenvalue weighted by atomic mass is 16.2. The molecule has 2 amide bonds. The van der Waals surface area contributed by atoms with Gasteiger partial charge in [0.1, 0.15) is 0 Å². The molecule has 1 saturated heterocycles. The molecular weight excluding hydrogens is 410 g/mol. The van der Waals surface area contributed by atoms with Crippen LogP contribution in [0.1, 0.15) is 60.7 Å². The molecule has 0 unspecified atom stereocenters. The van der Waals surface area contributed by atoms with Crippen LogP contribution in [-0.2, 0) is 6.54 Å². The lowest BCUT2D eigenvalue weighted by Crippen LogP contribution is -2.49. The van der Waals surface area contributed by atoms with Gasteiger partial charge in [0.2, 0.25) is 0 Å². The average molecular weight is 446 g/mol. The van der Waals surface area contributed by atoms with E-state index in [1.54, 1.807) is 0 Å². The van der Waals surface area contributed by atoms with Gasteiger partial charge < -0.3 is 14.4 Å². The minimum absolute atomic E-state index is 0.0826. The van der Waals surface area contributed by atoms with Crippen molar-refractivity contribution in [1.29, 1.82) is 0 Å². The maximum Gasteiger partial charge on any atom is 0.256 e. The van der Waals surface area contributed by atoms with Gasteiger partial charge in [-0.1, -0.05) is 57.2 Å². The van der Waals surface area contributed by atoms with Crippen molar-refractivity contribution in [3.63, 3.8) is 0 Å². The first-order chi connectivity index (χ1) is 16.0. The third kappa shape index (κ3) is 4.97. The van der Waals surface area contributed by atoms with Crippen LogP contribution in [0.25, 0.3) is 10.9 Å². The van der Waals surface area contributed by atoms with Crippen molar-refractivity contribution in [1.82, 2.24) is 14.4 Å². The standard InChI is InChI=1S/C28H35N3O2/c1-4-16-31(23-14-17-29(18-15-23)27(32)22-10-6-5-7-11-22)28(33)25-20-30(19-21(2)3)26-13-9-8-12-24(25)26/h5-13,20-21,23H,4,14-19H2,1-3H3. The average Bonchev–Trinajstić information content (AvgIpc) is 3.20. The van der Waals surface area contributed by atoms with Crippen molar-refractivity contribution in [2.45, 2.75) is 52.6 Å². The van der Waals surface area contributed by atoms with Gasteiger partial charge in [0.15, 0.2) is 0 Å². The van der Waals surface area contributed by atoms with E-state index in [2.05, 4.69) is 42.4 Å². The highest BCUT2D eigenvalue weighted by Gasteiger charge is 2.31. The molecule has 0 saturated carbocycles. The molecule has 0 aliphatic carbocycles. The van der Waals surface area contributed by atoms with Crippen LogP contribution in [0.3, 0.4) is 0 Å². The quantitative estimate of drug-likeness (QED) is 0.485. The summed E-state index contributed by atoms with van der Waals surface area (Å²) in [5, 5.41) is 1.03. The number of rotatable bonds is 7. The Morgan fingerprint density at radius 2 is 1.67 bits per heavy atom.